The Bertz CT molecular complexity index is 1100. The molecule has 0 bridgehead atoms. The lowest BCUT2D eigenvalue weighted by molar-refractivity contribution is -0.870. The van der Waals surface area contributed by atoms with Crippen LogP contribution in [0.4, 0.5) is 0 Å². The molecule has 0 saturated carbocycles. The first-order valence-electron chi connectivity index (χ1n) is 29.3. The fourth-order valence-electron chi connectivity index (χ4n) is 8.84. The van der Waals surface area contributed by atoms with E-state index in [1.54, 1.807) is 0 Å². The monoisotopic (exact) mass is 973 g/mol. The van der Waals surface area contributed by atoms with Gasteiger partial charge in [0.25, 0.3) is 0 Å². The molecule has 0 rings (SSSR count). The molecule has 0 aliphatic heterocycles. The maximum atomic E-state index is 12.8. The maximum Gasteiger partial charge on any atom is 0.472 e. The van der Waals surface area contributed by atoms with Crippen molar-refractivity contribution in [2.45, 2.75) is 309 Å². The molecular formula is C57H115NO8P+. The second kappa shape index (κ2) is 50.0. The molecule has 0 aromatic heterocycles. The molecule has 10 heteroatoms. The Morgan fingerprint density at radius 1 is 0.403 bits per heavy atom. The lowest BCUT2D eigenvalue weighted by Crippen LogP contribution is -2.37. The Morgan fingerprint density at radius 3 is 0.955 bits per heavy atom. The number of quaternary nitrogens is 1. The van der Waals surface area contributed by atoms with Crippen LogP contribution in [0, 0.1) is 0 Å². The Hall–Kier alpha value is -0.990. The largest absolute Gasteiger partial charge is 0.472 e. The SMILES string of the molecule is CCCCCCCCCCCCCCCCCCCCCCCCCCCCCCCCC(=O)OC(COC(=O)CCCCCCCCCCCCCCC)COP(=O)(O)OCC[N+](C)(C)C. The highest BCUT2D eigenvalue weighted by Gasteiger charge is 2.27. The van der Waals surface area contributed by atoms with Crippen LogP contribution in [-0.4, -0.2) is 74.9 Å². The zero-order chi connectivity index (χ0) is 49.2. The molecule has 0 heterocycles. The summed E-state index contributed by atoms with van der Waals surface area (Å²) in [5, 5.41) is 0. The van der Waals surface area contributed by atoms with Crippen LogP contribution >= 0.6 is 7.82 Å². The summed E-state index contributed by atoms with van der Waals surface area (Å²) in [6, 6.07) is 0. The first kappa shape index (κ1) is 66.0. The van der Waals surface area contributed by atoms with Gasteiger partial charge in [0.1, 0.15) is 19.8 Å². The highest BCUT2D eigenvalue weighted by atomic mass is 31.2. The van der Waals surface area contributed by atoms with E-state index in [-0.39, 0.29) is 25.6 Å². The van der Waals surface area contributed by atoms with Gasteiger partial charge in [-0.15, -0.1) is 0 Å². The van der Waals surface area contributed by atoms with Gasteiger partial charge in [-0.1, -0.05) is 277 Å². The van der Waals surface area contributed by atoms with Gasteiger partial charge in [0.05, 0.1) is 27.7 Å². The first-order chi connectivity index (χ1) is 32.5. The quantitative estimate of drug-likeness (QED) is 0.0278. The number of hydrogen-bond acceptors (Lipinski definition) is 7. The molecular weight excluding hydrogens is 858 g/mol. The zero-order valence-electron chi connectivity index (χ0n) is 45.4. The molecule has 9 nitrogen and oxygen atoms in total. The summed E-state index contributed by atoms with van der Waals surface area (Å²) in [6.07, 6.45) is 56.2. The maximum absolute atomic E-state index is 12.8. The smallest absolute Gasteiger partial charge is 0.462 e. The molecule has 67 heavy (non-hydrogen) atoms. The van der Waals surface area contributed by atoms with Gasteiger partial charge in [-0.25, -0.2) is 4.57 Å². The third kappa shape index (κ3) is 54.2. The van der Waals surface area contributed by atoms with E-state index < -0.39 is 26.5 Å². The number of phosphoric acid groups is 1. The number of hydrogen-bond donors (Lipinski definition) is 1. The molecule has 1 N–H and O–H groups in total. The van der Waals surface area contributed by atoms with Gasteiger partial charge >= 0.3 is 19.8 Å². The zero-order valence-corrected chi connectivity index (χ0v) is 46.3. The third-order valence-corrected chi connectivity index (χ3v) is 14.4. The number of carbonyl (C=O) groups is 2. The van der Waals surface area contributed by atoms with Crippen LogP contribution in [-0.2, 0) is 32.7 Å². The lowest BCUT2D eigenvalue weighted by atomic mass is 10.0. The molecule has 2 unspecified atom stereocenters. The van der Waals surface area contributed by atoms with Crippen LogP contribution in [0.25, 0.3) is 0 Å². The fourth-order valence-corrected chi connectivity index (χ4v) is 9.58. The molecule has 0 aromatic carbocycles. The van der Waals surface area contributed by atoms with E-state index in [1.807, 2.05) is 21.1 Å². The van der Waals surface area contributed by atoms with Crippen molar-refractivity contribution in [2.24, 2.45) is 0 Å². The molecule has 0 spiro atoms. The van der Waals surface area contributed by atoms with Crippen LogP contribution in [0.15, 0.2) is 0 Å². The van der Waals surface area contributed by atoms with E-state index in [0.717, 1.165) is 38.5 Å². The van der Waals surface area contributed by atoms with Crippen molar-refractivity contribution in [3.8, 4) is 0 Å². The minimum atomic E-state index is -4.37. The van der Waals surface area contributed by atoms with Crippen molar-refractivity contribution in [1.29, 1.82) is 0 Å². The number of phosphoric ester groups is 1. The minimum Gasteiger partial charge on any atom is -0.462 e. The van der Waals surface area contributed by atoms with E-state index in [0.29, 0.717) is 17.4 Å². The Balaban J connectivity index is 3.98. The van der Waals surface area contributed by atoms with Gasteiger partial charge < -0.3 is 18.9 Å². The summed E-state index contributed by atoms with van der Waals surface area (Å²) in [5.74, 6) is -0.776. The van der Waals surface area contributed by atoms with Gasteiger partial charge in [0.2, 0.25) is 0 Å². The highest BCUT2D eigenvalue weighted by Crippen LogP contribution is 2.43. The molecule has 2 atom stereocenters. The van der Waals surface area contributed by atoms with E-state index >= 15 is 0 Å². The predicted octanol–water partition coefficient (Wildman–Crippen LogP) is 17.9. The second-order valence-corrected chi connectivity index (χ2v) is 22.9. The number of esters is 2. The van der Waals surface area contributed by atoms with E-state index in [2.05, 4.69) is 13.8 Å². The molecule has 0 aliphatic rings. The number of carbonyl (C=O) groups excluding carboxylic acids is 2. The fraction of sp³-hybridized carbons (Fsp3) is 0.965. The second-order valence-electron chi connectivity index (χ2n) is 21.4. The number of unbranched alkanes of at least 4 members (excludes halogenated alkanes) is 41. The van der Waals surface area contributed by atoms with Crippen LogP contribution in [0.1, 0.15) is 303 Å². The predicted molar refractivity (Wildman–Crippen MR) is 285 cm³/mol. The normalized spacial score (nSPS) is 13.2. The standard InChI is InChI=1S/C57H114NO8P/c1-6-8-10-12-14-16-18-20-21-22-23-24-25-26-27-28-29-30-31-32-33-34-35-36-38-40-42-44-46-48-50-57(60)66-55(54-65-67(61,62)64-52-51-58(3,4)5)53-63-56(59)49-47-45-43-41-39-37-19-17-15-13-11-9-7-2/h55H,6-54H2,1-5H3/p+1. The molecule has 0 aromatic rings. The first-order valence-corrected chi connectivity index (χ1v) is 30.8. The molecule has 0 radical (unpaired) electrons. The van der Waals surface area contributed by atoms with Crippen molar-refractivity contribution < 1.29 is 42.1 Å². The molecule has 0 aliphatic carbocycles. The van der Waals surface area contributed by atoms with Crippen LogP contribution in [0.5, 0.6) is 0 Å². The summed E-state index contributed by atoms with van der Waals surface area (Å²) in [5.41, 5.74) is 0. The highest BCUT2D eigenvalue weighted by molar-refractivity contribution is 7.47. The van der Waals surface area contributed by atoms with Crippen LogP contribution in [0.3, 0.4) is 0 Å². The van der Waals surface area contributed by atoms with Crippen molar-refractivity contribution in [3.63, 3.8) is 0 Å². The lowest BCUT2D eigenvalue weighted by Gasteiger charge is -2.24. The third-order valence-electron chi connectivity index (χ3n) is 13.4. The summed E-state index contributed by atoms with van der Waals surface area (Å²) >= 11 is 0. The van der Waals surface area contributed by atoms with Crippen molar-refractivity contribution in [2.75, 3.05) is 47.5 Å². The van der Waals surface area contributed by atoms with Gasteiger partial charge in [-0.05, 0) is 12.8 Å². The van der Waals surface area contributed by atoms with Crippen LogP contribution in [0.2, 0.25) is 0 Å². The number of ether oxygens (including phenoxy) is 2. The van der Waals surface area contributed by atoms with Crippen molar-refractivity contribution in [3.05, 3.63) is 0 Å². The van der Waals surface area contributed by atoms with Gasteiger partial charge in [-0.2, -0.15) is 0 Å². The van der Waals surface area contributed by atoms with E-state index in [9.17, 15) is 19.0 Å². The Morgan fingerprint density at radius 2 is 0.672 bits per heavy atom. The molecule has 0 fully saturated rings. The Labute approximate surface area is 416 Å². The summed E-state index contributed by atoms with van der Waals surface area (Å²) in [6.45, 7) is 4.49. The number of likely N-dealkylation sites (N-methyl/N-ethyl adjacent to an activating group) is 1. The average Bonchev–Trinajstić information content (AvgIpc) is 3.29. The van der Waals surface area contributed by atoms with E-state index in [1.165, 1.54) is 238 Å². The average molecular weight is 974 g/mol. The summed E-state index contributed by atoms with van der Waals surface area (Å²) in [7, 11) is 1.50. The minimum absolute atomic E-state index is 0.0372. The van der Waals surface area contributed by atoms with Crippen molar-refractivity contribution >= 4 is 19.8 Å². The van der Waals surface area contributed by atoms with E-state index in [4.69, 9.17) is 18.5 Å². The molecule has 400 valence electrons. The van der Waals surface area contributed by atoms with Gasteiger partial charge in [0.15, 0.2) is 6.10 Å². The number of rotatable bonds is 55. The topological polar surface area (TPSA) is 108 Å². The summed E-state index contributed by atoms with van der Waals surface area (Å²) < 4.78 is 34.5. The van der Waals surface area contributed by atoms with Crippen LogP contribution < -0.4 is 0 Å². The number of nitrogens with zero attached hydrogens (tertiary/aromatic N) is 1. The van der Waals surface area contributed by atoms with Gasteiger partial charge in [-0.3, -0.25) is 18.6 Å². The van der Waals surface area contributed by atoms with Crippen molar-refractivity contribution in [1.82, 2.24) is 0 Å². The molecule has 0 saturated heterocycles. The van der Waals surface area contributed by atoms with Gasteiger partial charge in [0, 0.05) is 12.8 Å². The molecule has 0 amide bonds. The summed E-state index contributed by atoms with van der Waals surface area (Å²) in [4.78, 5) is 35.6. The Kier molecular flexibility index (Phi) is 49.2.